The van der Waals surface area contributed by atoms with Crippen molar-refractivity contribution in [2.45, 2.75) is 59.1 Å². The molecule has 4 heteroatoms. The number of nitrogens with one attached hydrogen (secondary N) is 1. The van der Waals surface area contributed by atoms with Gasteiger partial charge in [0.25, 0.3) is 0 Å². The van der Waals surface area contributed by atoms with E-state index in [0.717, 1.165) is 32.5 Å². The summed E-state index contributed by atoms with van der Waals surface area (Å²) in [5, 5.41) is 3.46. The first kappa shape index (κ1) is 15.3. The Morgan fingerprint density at radius 2 is 1.94 bits per heavy atom. The maximum Gasteiger partial charge on any atom is 0.410 e. The summed E-state index contributed by atoms with van der Waals surface area (Å²) in [6, 6.07) is 0.538. The summed E-state index contributed by atoms with van der Waals surface area (Å²) in [7, 11) is 0. The quantitative estimate of drug-likeness (QED) is 0.844. The van der Waals surface area contributed by atoms with E-state index in [1.54, 1.807) is 0 Å². The number of carbonyl (C=O) groups is 1. The van der Waals surface area contributed by atoms with Crippen LogP contribution < -0.4 is 5.32 Å². The van der Waals surface area contributed by atoms with Gasteiger partial charge < -0.3 is 15.0 Å². The molecule has 1 rings (SSSR count). The van der Waals surface area contributed by atoms with Gasteiger partial charge in [-0.15, -0.1) is 0 Å². The van der Waals surface area contributed by atoms with Crippen LogP contribution >= 0.6 is 0 Å². The fourth-order valence-corrected chi connectivity index (χ4v) is 2.40. The molecule has 0 spiro atoms. The smallest absolute Gasteiger partial charge is 0.410 e. The molecular weight excluding hydrogens is 228 g/mol. The summed E-state index contributed by atoms with van der Waals surface area (Å²) >= 11 is 0. The largest absolute Gasteiger partial charge is 0.444 e. The number of rotatable bonds is 3. The van der Waals surface area contributed by atoms with Crippen molar-refractivity contribution in [1.29, 1.82) is 0 Å². The van der Waals surface area contributed by atoms with Crippen LogP contribution in [0.3, 0.4) is 0 Å². The van der Waals surface area contributed by atoms with E-state index < -0.39 is 5.60 Å². The van der Waals surface area contributed by atoms with Gasteiger partial charge in [-0.3, -0.25) is 0 Å². The third-order valence-corrected chi connectivity index (χ3v) is 3.42. The van der Waals surface area contributed by atoms with Crippen molar-refractivity contribution in [1.82, 2.24) is 10.2 Å². The van der Waals surface area contributed by atoms with Crippen LogP contribution in [0.25, 0.3) is 0 Å². The molecule has 106 valence electrons. The van der Waals surface area contributed by atoms with Crippen LogP contribution in [-0.4, -0.2) is 42.3 Å². The molecule has 0 bridgehead atoms. The molecule has 0 unspecified atom stereocenters. The van der Waals surface area contributed by atoms with E-state index in [1.807, 2.05) is 25.7 Å². The van der Waals surface area contributed by atoms with E-state index in [9.17, 15) is 4.79 Å². The molecule has 1 N–H and O–H groups in total. The highest BCUT2D eigenvalue weighted by Crippen LogP contribution is 2.22. The molecule has 0 aliphatic carbocycles. The van der Waals surface area contributed by atoms with Gasteiger partial charge in [0, 0.05) is 19.1 Å². The van der Waals surface area contributed by atoms with Gasteiger partial charge in [-0.25, -0.2) is 4.79 Å². The molecular formula is C14H28N2O2. The van der Waals surface area contributed by atoms with Crippen molar-refractivity contribution in [3.8, 4) is 0 Å². The van der Waals surface area contributed by atoms with Crippen molar-refractivity contribution in [3.63, 3.8) is 0 Å². The van der Waals surface area contributed by atoms with E-state index in [1.165, 1.54) is 0 Å². The number of nitrogens with zero attached hydrogens (tertiary/aromatic N) is 1. The first-order valence-corrected chi connectivity index (χ1v) is 7.04. The lowest BCUT2D eigenvalue weighted by molar-refractivity contribution is 0.0172. The van der Waals surface area contributed by atoms with Crippen LogP contribution in [-0.2, 0) is 4.74 Å². The number of hydrogen-bond acceptors (Lipinski definition) is 3. The zero-order chi connectivity index (χ0) is 13.8. The zero-order valence-electron chi connectivity index (χ0n) is 12.5. The highest BCUT2D eigenvalue weighted by Gasteiger charge is 2.28. The summed E-state index contributed by atoms with van der Waals surface area (Å²) in [6.07, 6.45) is 1.96. The summed E-state index contributed by atoms with van der Waals surface area (Å²) < 4.78 is 5.39. The Bertz CT molecular complexity index is 265. The first-order valence-electron chi connectivity index (χ1n) is 7.04. The molecule has 4 nitrogen and oxygen atoms in total. The molecule has 0 aromatic carbocycles. The maximum atomic E-state index is 11.9. The van der Waals surface area contributed by atoms with Gasteiger partial charge in [-0.2, -0.15) is 0 Å². The van der Waals surface area contributed by atoms with Crippen LogP contribution in [0.15, 0.2) is 0 Å². The zero-order valence-corrected chi connectivity index (χ0v) is 12.5. The van der Waals surface area contributed by atoms with E-state index in [2.05, 4.69) is 19.2 Å². The van der Waals surface area contributed by atoms with Gasteiger partial charge in [-0.05, 0) is 53.0 Å². The number of carbonyl (C=O) groups excluding carboxylic acids is 1. The minimum atomic E-state index is -0.398. The summed E-state index contributed by atoms with van der Waals surface area (Å²) in [5.74, 6) is 0.670. The molecule has 0 aromatic heterocycles. The van der Waals surface area contributed by atoms with Gasteiger partial charge in [-0.1, -0.05) is 6.92 Å². The Morgan fingerprint density at radius 1 is 1.39 bits per heavy atom. The standard InChI is InChI=1S/C14H28N2O2/c1-6-15-11(2)12-7-9-16(10-8-12)13(17)18-14(3,4)5/h11-12,15H,6-10H2,1-5H3/t11-/m0/s1. The van der Waals surface area contributed by atoms with Crippen LogP contribution in [0, 0.1) is 5.92 Å². The molecule has 0 saturated carbocycles. The molecule has 1 amide bonds. The lowest BCUT2D eigenvalue weighted by atomic mass is 9.90. The normalized spacial score (nSPS) is 19.7. The van der Waals surface area contributed by atoms with Gasteiger partial charge in [0.1, 0.15) is 5.60 Å². The average Bonchev–Trinajstić information content (AvgIpc) is 2.27. The highest BCUT2D eigenvalue weighted by molar-refractivity contribution is 5.68. The van der Waals surface area contributed by atoms with E-state index in [0.29, 0.717) is 12.0 Å². The van der Waals surface area contributed by atoms with E-state index in [-0.39, 0.29) is 6.09 Å². The summed E-state index contributed by atoms with van der Waals surface area (Å²) in [4.78, 5) is 13.7. The molecule has 1 saturated heterocycles. The van der Waals surface area contributed by atoms with E-state index in [4.69, 9.17) is 4.74 Å². The number of piperidine rings is 1. The minimum Gasteiger partial charge on any atom is -0.444 e. The Balaban J connectivity index is 2.37. The van der Waals surface area contributed by atoms with Gasteiger partial charge in [0.2, 0.25) is 0 Å². The maximum absolute atomic E-state index is 11.9. The highest BCUT2D eigenvalue weighted by atomic mass is 16.6. The fraction of sp³-hybridized carbons (Fsp3) is 0.929. The van der Waals surface area contributed by atoms with Crippen molar-refractivity contribution >= 4 is 6.09 Å². The second-order valence-corrected chi connectivity index (χ2v) is 6.15. The van der Waals surface area contributed by atoms with Gasteiger partial charge >= 0.3 is 6.09 Å². The molecule has 0 radical (unpaired) electrons. The second-order valence-electron chi connectivity index (χ2n) is 6.15. The van der Waals surface area contributed by atoms with Gasteiger partial charge in [0.05, 0.1) is 0 Å². The van der Waals surface area contributed by atoms with Gasteiger partial charge in [0.15, 0.2) is 0 Å². The summed E-state index contributed by atoms with van der Waals surface area (Å²) in [5.41, 5.74) is -0.398. The molecule has 18 heavy (non-hydrogen) atoms. The molecule has 1 fully saturated rings. The molecule has 1 heterocycles. The summed E-state index contributed by atoms with van der Waals surface area (Å²) in [6.45, 7) is 12.7. The number of likely N-dealkylation sites (tertiary alicyclic amines) is 1. The Kier molecular flexibility index (Phi) is 5.45. The number of hydrogen-bond donors (Lipinski definition) is 1. The lowest BCUT2D eigenvalue weighted by Gasteiger charge is -2.35. The Morgan fingerprint density at radius 3 is 2.39 bits per heavy atom. The Hall–Kier alpha value is -0.770. The van der Waals surface area contributed by atoms with Crippen LogP contribution in [0.4, 0.5) is 4.79 Å². The third-order valence-electron chi connectivity index (χ3n) is 3.42. The molecule has 1 aliphatic rings. The van der Waals surface area contributed by atoms with Crippen molar-refractivity contribution in [3.05, 3.63) is 0 Å². The predicted molar refractivity (Wildman–Crippen MR) is 73.7 cm³/mol. The minimum absolute atomic E-state index is 0.169. The second kappa shape index (κ2) is 6.41. The lowest BCUT2D eigenvalue weighted by Crippen LogP contribution is -2.45. The third kappa shape index (κ3) is 4.84. The van der Waals surface area contributed by atoms with Crippen LogP contribution in [0.5, 0.6) is 0 Å². The SMILES string of the molecule is CCN[C@@H](C)C1CCN(C(=O)OC(C)(C)C)CC1. The monoisotopic (exact) mass is 256 g/mol. The predicted octanol–water partition coefficient (Wildman–Crippen LogP) is 2.63. The van der Waals surface area contributed by atoms with Crippen LogP contribution in [0.1, 0.15) is 47.5 Å². The van der Waals surface area contributed by atoms with Crippen molar-refractivity contribution in [2.75, 3.05) is 19.6 Å². The van der Waals surface area contributed by atoms with Crippen molar-refractivity contribution < 1.29 is 9.53 Å². The number of ether oxygens (including phenoxy) is 1. The van der Waals surface area contributed by atoms with E-state index >= 15 is 0 Å². The molecule has 0 aromatic rings. The Labute approximate surface area is 111 Å². The topological polar surface area (TPSA) is 41.6 Å². The average molecular weight is 256 g/mol. The van der Waals surface area contributed by atoms with Crippen molar-refractivity contribution in [2.24, 2.45) is 5.92 Å². The first-order chi connectivity index (χ1) is 8.33. The molecule has 1 atom stereocenters. The molecule has 1 aliphatic heterocycles. The van der Waals surface area contributed by atoms with Crippen LogP contribution in [0.2, 0.25) is 0 Å². The fourth-order valence-electron chi connectivity index (χ4n) is 2.40. The number of amides is 1.